The molecule has 0 radical (unpaired) electrons. The summed E-state index contributed by atoms with van der Waals surface area (Å²) >= 11 is 0. The van der Waals surface area contributed by atoms with Crippen molar-refractivity contribution in [1.82, 2.24) is 0 Å². The highest BCUT2D eigenvalue weighted by Gasteiger charge is 2.56. The minimum Gasteiger partial charge on any atom is -0.478 e. The molecule has 0 amide bonds. The summed E-state index contributed by atoms with van der Waals surface area (Å²) in [5.74, 6) is -3.38. The summed E-state index contributed by atoms with van der Waals surface area (Å²) in [6.45, 7) is 2.72. The molecular formula is C7H8O10S2. The largest absolute Gasteiger partial charge is 0.478 e. The van der Waals surface area contributed by atoms with Crippen LogP contribution in [-0.2, 0) is 34.6 Å². The van der Waals surface area contributed by atoms with Gasteiger partial charge in [-0.2, -0.15) is 16.8 Å². The van der Waals surface area contributed by atoms with Crippen molar-refractivity contribution in [3.05, 3.63) is 24.8 Å². The second-order valence-corrected chi connectivity index (χ2v) is 6.22. The highest BCUT2D eigenvalue weighted by atomic mass is 32.3. The number of ether oxygens (including phenoxy) is 1. The summed E-state index contributed by atoms with van der Waals surface area (Å²) in [6.07, 6.45) is 0.325. The molecule has 0 aromatic heterocycles. The van der Waals surface area contributed by atoms with Gasteiger partial charge in [0, 0.05) is 12.2 Å². The average molecular weight is 316 g/mol. The highest BCUT2D eigenvalue weighted by molar-refractivity contribution is 8.05. The van der Waals surface area contributed by atoms with Gasteiger partial charge in [-0.05, 0) is 6.08 Å². The van der Waals surface area contributed by atoms with E-state index in [1.54, 1.807) is 0 Å². The predicted molar refractivity (Wildman–Crippen MR) is 58.9 cm³/mol. The Labute approximate surface area is 107 Å². The number of carboxylic acid groups (broad SMARTS) is 1. The van der Waals surface area contributed by atoms with Gasteiger partial charge in [-0.1, -0.05) is 6.58 Å². The number of hydrogen-bond acceptors (Lipinski definition) is 7. The molecule has 0 aliphatic carbocycles. The fourth-order valence-electron chi connectivity index (χ4n) is 0.804. The van der Waals surface area contributed by atoms with Crippen molar-refractivity contribution in [3.63, 3.8) is 0 Å². The molecule has 19 heavy (non-hydrogen) atoms. The number of carbonyl (C=O) groups is 2. The number of hydrogen-bond donors (Lipinski definition) is 3. The first-order valence-electron chi connectivity index (χ1n) is 4.09. The third-order valence-electron chi connectivity index (χ3n) is 1.57. The van der Waals surface area contributed by atoms with Crippen molar-refractivity contribution < 1.29 is 45.4 Å². The van der Waals surface area contributed by atoms with Gasteiger partial charge >= 0.3 is 36.4 Å². The average Bonchev–Trinajstić information content (AvgIpc) is 2.19. The van der Waals surface area contributed by atoms with Crippen LogP contribution in [0.3, 0.4) is 0 Å². The van der Waals surface area contributed by atoms with Crippen molar-refractivity contribution in [2.75, 3.05) is 0 Å². The molecule has 12 heteroatoms. The fourth-order valence-corrected chi connectivity index (χ4v) is 2.66. The molecule has 10 nitrogen and oxygen atoms in total. The maximum absolute atomic E-state index is 11.0. The van der Waals surface area contributed by atoms with Gasteiger partial charge in [0.25, 0.3) is 0 Å². The van der Waals surface area contributed by atoms with Crippen molar-refractivity contribution in [1.29, 1.82) is 0 Å². The van der Waals surface area contributed by atoms with Gasteiger partial charge < -0.3 is 9.84 Å². The first kappa shape index (κ1) is 17.2. The SMILES string of the molecule is C=CC(OC(=O)/C=C\C(=O)O)(S(=O)(=O)O)S(=O)(=O)O. The van der Waals surface area contributed by atoms with Crippen LogP contribution in [0.2, 0.25) is 0 Å². The summed E-state index contributed by atoms with van der Waals surface area (Å²) in [5, 5.41) is 8.19. The van der Waals surface area contributed by atoms with Crippen LogP contribution in [0.15, 0.2) is 24.8 Å². The fraction of sp³-hybridized carbons (Fsp3) is 0.143. The Morgan fingerprint density at radius 2 is 1.47 bits per heavy atom. The molecule has 0 saturated heterocycles. The Balaban J connectivity index is 5.77. The topological polar surface area (TPSA) is 172 Å². The molecule has 0 aliphatic rings. The van der Waals surface area contributed by atoms with E-state index in [0.717, 1.165) is 0 Å². The van der Waals surface area contributed by atoms with E-state index >= 15 is 0 Å². The van der Waals surface area contributed by atoms with E-state index in [1.807, 2.05) is 0 Å². The monoisotopic (exact) mass is 316 g/mol. The molecule has 0 aromatic carbocycles. The third-order valence-corrected chi connectivity index (χ3v) is 4.78. The summed E-state index contributed by atoms with van der Waals surface area (Å²) in [6, 6.07) is 0. The minimum absolute atomic E-state index is 0.0514. The van der Waals surface area contributed by atoms with E-state index in [0.29, 0.717) is 0 Å². The van der Waals surface area contributed by atoms with Gasteiger partial charge in [-0.15, -0.1) is 0 Å². The van der Waals surface area contributed by atoms with Crippen LogP contribution in [-0.4, -0.2) is 47.3 Å². The maximum Gasteiger partial charge on any atom is 0.379 e. The van der Waals surface area contributed by atoms with E-state index < -0.39 is 36.4 Å². The third kappa shape index (κ3) is 3.85. The molecule has 0 fully saturated rings. The second kappa shape index (κ2) is 5.48. The zero-order valence-corrected chi connectivity index (χ0v) is 10.6. The predicted octanol–water partition coefficient (Wildman–Crippen LogP) is -1.21. The van der Waals surface area contributed by atoms with Crippen LogP contribution in [0.1, 0.15) is 0 Å². The standard InChI is InChI=1S/C7H8O10S2/c1-2-7(18(11,12)13,19(14,15)16)17-6(10)4-3-5(8)9/h2-4H,1H2,(H,8,9)(H,11,12,13)(H,14,15,16)/b4-3-. The molecule has 0 saturated carbocycles. The number of esters is 1. The van der Waals surface area contributed by atoms with Crippen LogP contribution in [0.5, 0.6) is 0 Å². The van der Waals surface area contributed by atoms with Gasteiger partial charge in [-0.25, -0.2) is 9.59 Å². The lowest BCUT2D eigenvalue weighted by Gasteiger charge is -2.22. The lowest BCUT2D eigenvalue weighted by molar-refractivity contribution is -0.141. The molecule has 0 atom stereocenters. The Morgan fingerprint density at radius 1 is 1.05 bits per heavy atom. The Kier molecular flexibility index (Phi) is 4.97. The molecule has 0 rings (SSSR count). The molecular weight excluding hydrogens is 308 g/mol. The highest BCUT2D eigenvalue weighted by Crippen LogP contribution is 2.26. The van der Waals surface area contributed by atoms with Crippen LogP contribution >= 0.6 is 0 Å². The molecule has 0 spiro atoms. The Bertz CT molecular complexity index is 591. The van der Waals surface area contributed by atoms with Gasteiger partial charge in [0.15, 0.2) is 0 Å². The lowest BCUT2D eigenvalue weighted by atomic mass is 10.5. The number of rotatable bonds is 6. The number of carboxylic acids is 1. The Morgan fingerprint density at radius 3 is 1.74 bits per heavy atom. The zero-order valence-electron chi connectivity index (χ0n) is 8.96. The van der Waals surface area contributed by atoms with E-state index in [9.17, 15) is 26.4 Å². The lowest BCUT2D eigenvalue weighted by Crippen LogP contribution is -2.47. The van der Waals surface area contributed by atoms with Crippen LogP contribution in [0.4, 0.5) is 0 Å². The van der Waals surface area contributed by atoms with Gasteiger partial charge in [0.1, 0.15) is 0 Å². The normalized spacial score (nSPS) is 13.2. The van der Waals surface area contributed by atoms with Gasteiger partial charge in [0.2, 0.25) is 0 Å². The van der Waals surface area contributed by atoms with Crippen molar-refractivity contribution in [2.45, 2.75) is 4.27 Å². The minimum atomic E-state index is -5.65. The second-order valence-electron chi connectivity index (χ2n) is 2.85. The van der Waals surface area contributed by atoms with E-state index in [-0.39, 0.29) is 18.2 Å². The summed E-state index contributed by atoms with van der Waals surface area (Å²) in [4.78, 5) is 21.1. The van der Waals surface area contributed by atoms with Crippen molar-refractivity contribution >= 4 is 32.2 Å². The molecule has 3 N–H and O–H groups in total. The number of aliphatic carboxylic acids is 1. The maximum atomic E-state index is 11.0. The van der Waals surface area contributed by atoms with E-state index in [2.05, 4.69) is 11.3 Å². The number of carbonyl (C=O) groups excluding carboxylic acids is 1. The Hall–Kier alpha value is -1.76. The van der Waals surface area contributed by atoms with Gasteiger partial charge in [0.05, 0.1) is 0 Å². The van der Waals surface area contributed by atoms with Crippen LogP contribution in [0, 0.1) is 0 Å². The zero-order chi connectivity index (χ0) is 15.5. The molecule has 0 heterocycles. The van der Waals surface area contributed by atoms with E-state index in [1.165, 1.54) is 0 Å². The summed E-state index contributed by atoms with van der Waals surface area (Å²) < 4.78 is 61.2. The first-order valence-corrected chi connectivity index (χ1v) is 6.97. The molecule has 0 bridgehead atoms. The molecule has 0 aromatic rings. The molecule has 108 valence electrons. The first-order chi connectivity index (χ1) is 8.37. The molecule has 0 aliphatic heterocycles. The van der Waals surface area contributed by atoms with Crippen molar-refractivity contribution in [2.24, 2.45) is 0 Å². The smallest absolute Gasteiger partial charge is 0.379 e. The van der Waals surface area contributed by atoms with Crippen molar-refractivity contribution in [3.8, 4) is 0 Å². The molecule has 0 unspecified atom stereocenters. The van der Waals surface area contributed by atoms with Crippen LogP contribution < -0.4 is 0 Å². The quantitative estimate of drug-likeness (QED) is 0.233. The van der Waals surface area contributed by atoms with Gasteiger partial charge in [-0.3, -0.25) is 9.11 Å². The summed E-state index contributed by atoms with van der Waals surface area (Å²) in [5.41, 5.74) is 0. The summed E-state index contributed by atoms with van der Waals surface area (Å²) in [7, 11) is -11.3. The van der Waals surface area contributed by atoms with Crippen LogP contribution in [0.25, 0.3) is 0 Å². The van der Waals surface area contributed by atoms with E-state index in [4.69, 9.17) is 14.2 Å².